The lowest BCUT2D eigenvalue weighted by atomic mass is 10.1. The molecule has 0 fully saturated rings. The molecular formula is C14H17BrClNO3. The molecule has 0 bridgehead atoms. The van der Waals surface area contributed by atoms with Crippen LogP contribution >= 0.6 is 27.5 Å². The van der Waals surface area contributed by atoms with Gasteiger partial charge in [-0.1, -0.05) is 27.5 Å². The van der Waals surface area contributed by atoms with E-state index in [-0.39, 0.29) is 12.3 Å². The van der Waals surface area contributed by atoms with E-state index in [4.69, 9.17) is 16.7 Å². The Morgan fingerprint density at radius 3 is 2.65 bits per heavy atom. The fourth-order valence-corrected chi connectivity index (χ4v) is 2.36. The van der Waals surface area contributed by atoms with Crippen LogP contribution in [0.5, 0.6) is 0 Å². The van der Waals surface area contributed by atoms with Crippen LogP contribution in [-0.4, -0.2) is 23.5 Å². The zero-order valence-corrected chi connectivity index (χ0v) is 13.3. The summed E-state index contributed by atoms with van der Waals surface area (Å²) in [5.41, 5.74) is 1.05. The Balaban J connectivity index is 2.21. The van der Waals surface area contributed by atoms with E-state index in [2.05, 4.69) is 21.2 Å². The lowest BCUT2D eigenvalue weighted by Gasteiger charge is -2.07. The number of aliphatic carboxylic acids is 1. The fourth-order valence-electron chi connectivity index (χ4n) is 1.72. The van der Waals surface area contributed by atoms with Gasteiger partial charge in [0.05, 0.1) is 0 Å². The van der Waals surface area contributed by atoms with Crippen LogP contribution in [0.15, 0.2) is 22.7 Å². The summed E-state index contributed by atoms with van der Waals surface area (Å²) < 4.78 is 0.970. The summed E-state index contributed by atoms with van der Waals surface area (Å²) in [5.74, 6) is -0.871. The van der Waals surface area contributed by atoms with E-state index in [0.29, 0.717) is 37.3 Å². The van der Waals surface area contributed by atoms with Crippen molar-refractivity contribution in [1.82, 2.24) is 5.32 Å². The Morgan fingerprint density at radius 1 is 1.25 bits per heavy atom. The molecule has 6 heteroatoms. The highest BCUT2D eigenvalue weighted by Gasteiger charge is 2.04. The summed E-state index contributed by atoms with van der Waals surface area (Å²) in [4.78, 5) is 21.8. The number of halogens is 2. The highest BCUT2D eigenvalue weighted by atomic mass is 79.9. The maximum Gasteiger partial charge on any atom is 0.303 e. The Bertz CT molecular complexity index is 479. The maximum atomic E-state index is 11.5. The predicted octanol–water partition coefficient (Wildman–Crippen LogP) is 3.41. The van der Waals surface area contributed by atoms with Crippen LogP contribution in [0, 0.1) is 0 Å². The largest absolute Gasteiger partial charge is 0.481 e. The molecule has 0 heterocycles. The average molecular weight is 363 g/mol. The van der Waals surface area contributed by atoms with Crippen LogP contribution in [0.3, 0.4) is 0 Å². The number of hydrogen-bond donors (Lipinski definition) is 2. The molecule has 0 aliphatic rings. The van der Waals surface area contributed by atoms with Crippen molar-refractivity contribution in [2.24, 2.45) is 0 Å². The van der Waals surface area contributed by atoms with Gasteiger partial charge in [-0.2, -0.15) is 0 Å². The zero-order chi connectivity index (χ0) is 15.0. The van der Waals surface area contributed by atoms with Crippen molar-refractivity contribution in [3.05, 3.63) is 33.3 Å². The summed E-state index contributed by atoms with van der Waals surface area (Å²) in [6.07, 6.45) is 2.30. The van der Waals surface area contributed by atoms with Gasteiger partial charge in [-0.05, 0) is 43.0 Å². The molecule has 0 aliphatic carbocycles. The second-order valence-electron chi connectivity index (χ2n) is 4.44. The first kappa shape index (κ1) is 17.0. The molecule has 20 heavy (non-hydrogen) atoms. The molecule has 0 spiro atoms. The molecule has 0 atom stereocenters. The van der Waals surface area contributed by atoms with Gasteiger partial charge in [-0.3, -0.25) is 9.59 Å². The number of hydrogen-bond acceptors (Lipinski definition) is 2. The van der Waals surface area contributed by atoms with Crippen molar-refractivity contribution in [1.29, 1.82) is 0 Å². The summed E-state index contributed by atoms with van der Waals surface area (Å²) in [6.45, 7) is 0.538. The highest BCUT2D eigenvalue weighted by Crippen LogP contribution is 2.21. The number of carbonyl (C=O) groups excluding carboxylic acids is 1. The SMILES string of the molecule is O=C(O)CCCCC(=O)NCCc1cc(Cl)ccc1Br. The molecule has 1 aromatic rings. The minimum atomic E-state index is -0.823. The molecular weight excluding hydrogens is 346 g/mol. The lowest BCUT2D eigenvalue weighted by molar-refractivity contribution is -0.137. The highest BCUT2D eigenvalue weighted by molar-refractivity contribution is 9.10. The molecule has 1 amide bonds. The van der Waals surface area contributed by atoms with Crippen molar-refractivity contribution < 1.29 is 14.7 Å². The number of benzene rings is 1. The van der Waals surface area contributed by atoms with Gasteiger partial charge >= 0.3 is 5.97 Å². The second kappa shape index (κ2) is 8.97. The van der Waals surface area contributed by atoms with E-state index in [9.17, 15) is 9.59 Å². The van der Waals surface area contributed by atoms with Gasteiger partial charge in [0, 0.05) is 28.9 Å². The monoisotopic (exact) mass is 361 g/mol. The van der Waals surface area contributed by atoms with E-state index in [1.807, 2.05) is 12.1 Å². The fraction of sp³-hybridized carbons (Fsp3) is 0.429. The second-order valence-corrected chi connectivity index (χ2v) is 5.73. The topological polar surface area (TPSA) is 66.4 Å². The van der Waals surface area contributed by atoms with Gasteiger partial charge in [0.1, 0.15) is 0 Å². The molecule has 0 saturated carbocycles. The van der Waals surface area contributed by atoms with Crippen molar-refractivity contribution >= 4 is 39.4 Å². The van der Waals surface area contributed by atoms with Gasteiger partial charge < -0.3 is 10.4 Å². The molecule has 0 aliphatic heterocycles. The van der Waals surface area contributed by atoms with E-state index in [1.165, 1.54) is 0 Å². The Morgan fingerprint density at radius 2 is 1.95 bits per heavy atom. The first-order valence-electron chi connectivity index (χ1n) is 6.41. The summed E-state index contributed by atoms with van der Waals surface area (Å²) in [5, 5.41) is 12.0. The van der Waals surface area contributed by atoms with E-state index in [1.54, 1.807) is 6.07 Å². The first-order valence-corrected chi connectivity index (χ1v) is 7.58. The van der Waals surface area contributed by atoms with Gasteiger partial charge in [-0.25, -0.2) is 0 Å². The van der Waals surface area contributed by atoms with Gasteiger partial charge in [0.15, 0.2) is 0 Å². The number of unbranched alkanes of at least 4 members (excludes halogenated alkanes) is 1. The predicted molar refractivity (Wildman–Crippen MR) is 82.0 cm³/mol. The summed E-state index contributed by atoms with van der Waals surface area (Å²) >= 11 is 9.35. The first-order chi connectivity index (χ1) is 9.49. The molecule has 0 aromatic heterocycles. The number of rotatable bonds is 8. The third kappa shape index (κ3) is 6.91. The number of nitrogens with one attached hydrogen (secondary N) is 1. The molecule has 2 N–H and O–H groups in total. The third-order valence-electron chi connectivity index (χ3n) is 2.77. The molecule has 1 aromatic carbocycles. The standard InChI is InChI=1S/C14H17BrClNO3/c15-12-6-5-11(16)9-10(12)7-8-17-13(18)3-1-2-4-14(19)20/h5-6,9H,1-4,7-8H2,(H,17,18)(H,19,20). The number of carboxylic acids is 1. The van der Waals surface area contributed by atoms with Crippen molar-refractivity contribution in [3.63, 3.8) is 0 Å². The van der Waals surface area contributed by atoms with Crippen LogP contribution in [-0.2, 0) is 16.0 Å². The molecule has 110 valence electrons. The van der Waals surface area contributed by atoms with Crippen LogP contribution in [0.2, 0.25) is 5.02 Å². The van der Waals surface area contributed by atoms with E-state index >= 15 is 0 Å². The van der Waals surface area contributed by atoms with Crippen molar-refractivity contribution in [2.45, 2.75) is 32.1 Å². The Kier molecular flexibility index (Phi) is 7.62. The van der Waals surface area contributed by atoms with Crippen LogP contribution in [0.1, 0.15) is 31.2 Å². The number of carboxylic acid groups (broad SMARTS) is 1. The van der Waals surface area contributed by atoms with Gasteiger partial charge in [0.25, 0.3) is 0 Å². The zero-order valence-electron chi connectivity index (χ0n) is 11.0. The maximum absolute atomic E-state index is 11.5. The summed E-state index contributed by atoms with van der Waals surface area (Å²) in [7, 11) is 0. The number of carbonyl (C=O) groups is 2. The normalized spacial score (nSPS) is 10.3. The quantitative estimate of drug-likeness (QED) is 0.697. The molecule has 0 saturated heterocycles. The van der Waals surface area contributed by atoms with E-state index < -0.39 is 5.97 Å². The molecule has 1 rings (SSSR count). The molecule has 4 nitrogen and oxygen atoms in total. The van der Waals surface area contributed by atoms with Crippen LogP contribution < -0.4 is 5.32 Å². The van der Waals surface area contributed by atoms with Gasteiger partial charge in [0.2, 0.25) is 5.91 Å². The van der Waals surface area contributed by atoms with Crippen LogP contribution in [0.25, 0.3) is 0 Å². The lowest BCUT2D eigenvalue weighted by Crippen LogP contribution is -2.25. The van der Waals surface area contributed by atoms with Crippen molar-refractivity contribution in [2.75, 3.05) is 6.54 Å². The minimum Gasteiger partial charge on any atom is -0.481 e. The smallest absolute Gasteiger partial charge is 0.303 e. The van der Waals surface area contributed by atoms with Crippen molar-refractivity contribution in [3.8, 4) is 0 Å². The van der Waals surface area contributed by atoms with E-state index in [0.717, 1.165) is 10.0 Å². The molecule has 0 radical (unpaired) electrons. The number of amides is 1. The third-order valence-corrected chi connectivity index (χ3v) is 3.78. The van der Waals surface area contributed by atoms with Crippen LogP contribution in [0.4, 0.5) is 0 Å². The minimum absolute atomic E-state index is 0.0476. The van der Waals surface area contributed by atoms with Gasteiger partial charge in [-0.15, -0.1) is 0 Å². The molecule has 0 unspecified atom stereocenters. The summed E-state index contributed by atoms with van der Waals surface area (Å²) in [6, 6.07) is 5.55. The Labute approximate surface area is 131 Å². The Hall–Kier alpha value is -1.07. The average Bonchev–Trinajstić information content (AvgIpc) is 2.38.